The summed E-state index contributed by atoms with van der Waals surface area (Å²) >= 11 is 12.0. The van der Waals surface area contributed by atoms with Crippen LogP contribution in [0.15, 0.2) is 83.5 Å². The van der Waals surface area contributed by atoms with Crippen LogP contribution < -0.4 is 5.32 Å². The summed E-state index contributed by atoms with van der Waals surface area (Å²) in [6, 6.07) is 12.9. The molecule has 0 bridgehead atoms. The van der Waals surface area contributed by atoms with Gasteiger partial charge >= 0.3 is 0 Å². The smallest absolute Gasteiger partial charge is 0.245 e. The highest BCUT2D eigenvalue weighted by Gasteiger charge is 2.38. The molecule has 0 radical (unpaired) electrons. The second-order valence-electron chi connectivity index (χ2n) is 7.86. The fraction of sp³-hybridized carbons (Fsp3) is 0.292. The maximum absolute atomic E-state index is 13.4. The molecule has 7 nitrogen and oxygen atoms in total. The summed E-state index contributed by atoms with van der Waals surface area (Å²) in [6.45, 7) is 3.34. The van der Waals surface area contributed by atoms with Crippen molar-refractivity contribution in [1.29, 1.82) is 0 Å². The normalized spacial score (nSPS) is 17.1. The first-order valence-corrected chi connectivity index (χ1v) is 13.0. The molecule has 2 aromatic carbocycles. The van der Waals surface area contributed by atoms with Crippen LogP contribution >= 0.6 is 23.2 Å². The van der Waals surface area contributed by atoms with Gasteiger partial charge in [-0.05, 0) is 48.7 Å². The van der Waals surface area contributed by atoms with Crippen LogP contribution in [0.2, 0.25) is 10.0 Å². The largest absolute Gasteiger partial charge is 0.370 e. The third-order valence-electron chi connectivity index (χ3n) is 5.54. The van der Waals surface area contributed by atoms with Crippen molar-refractivity contribution in [3.05, 3.63) is 89.1 Å². The summed E-state index contributed by atoms with van der Waals surface area (Å²) in [6.07, 6.45) is 4.40. The van der Waals surface area contributed by atoms with Crippen molar-refractivity contribution in [3.8, 4) is 0 Å². The lowest BCUT2D eigenvalue weighted by atomic mass is 10.0. The zero-order valence-electron chi connectivity index (χ0n) is 19.5. The lowest BCUT2D eigenvalue weighted by Crippen LogP contribution is -2.56. The number of alkyl halides is 1. The van der Waals surface area contributed by atoms with Gasteiger partial charge in [-0.3, -0.25) is 10.3 Å². The minimum atomic E-state index is -3.94. The highest BCUT2D eigenvalue weighted by molar-refractivity contribution is 7.89. The SMILES string of the molecule is C=C/C=C/N(C)C1CN(C(NCCF)N(C)S(=O)(=O)c2ccc(Cl)cc2)N=C1c1ccc(Cl)cc1. The maximum Gasteiger partial charge on any atom is 0.245 e. The monoisotopic (exact) mass is 539 g/mol. The topological polar surface area (TPSA) is 68.2 Å². The van der Waals surface area contributed by atoms with E-state index in [1.54, 1.807) is 29.3 Å². The van der Waals surface area contributed by atoms with Gasteiger partial charge in [0.15, 0.2) is 6.29 Å². The number of rotatable bonds is 11. The molecule has 0 aromatic heterocycles. The van der Waals surface area contributed by atoms with Gasteiger partial charge in [0.2, 0.25) is 10.0 Å². The average molecular weight is 540 g/mol. The molecule has 0 aliphatic carbocycles. The standard InChI is InChI=1S/C24H28Cl2FN5O2S/c1-4-5-16-30(2)22-17-32(29-23(22)18-6-8-19(25)9-7-18)24(28-15-14-27)31(3)35(33,34)21-12-10-20(26)11-13-21/h4-13,16,22,24,28H,1,14-15,17H2,2-3H3/b16-5+. The maximum atomic E-state index is 13.4. The van der Waals surface area contributed by atoms with Gasteiger partial charge in [0, 0.05) is 36.2 Å². The molecule has 1 N–H and O–H groups in total. The molecule has 1 heterocycles. The number of sulfonamides is 1. The number of hydrogen-bond acceptors (Lipinski definition) is 6. The van der Waals surface area contributed by atoms with E-state index < -0.39 is 23.0 Å². The predicted octanol–water partition coefficient (Wildman–Crippen LogP) is 4.18. The molecule has 0 saturated heterocycles. The highest BCUT2D eigenvalue weighted by atomic mass is 35.5. The van der Waals surface area contributed by atoms with Crippen molar-refractivity contribution < 1.29 is 12.8 Å². The summed E-state index contributed by atoms with van der Waals surface area (Å²) in [5.74, 6) is 0. The lowest BCUT2D eigenvalue weighted by Gasteiger charge is -2.34. The first-order chi connectivity index (χ1) is 16.7. The Morgan fingerprint density at radius 3 is 2.34 bits per heavy atom. The molecular formula is C24H28Cl2FN5O2S. The summed E-state index contributed by atoms with van der Waals surface area (Å²) in [5, 5.41) is 10.4. The quantitative estimate of drug-likeness (QED) is 0.342. The van der Waals surface area contributed by atoms with Crippen LogP contribution in [0.1, 0.15) is 5.56 Å². The number of likely N-dealkylation sites (N-methyl/N-ethyl adjacent to an activating group) is 1. The molecule has 0 saturated carbocycles. The second kappa shape index (κ2) is 12.0. The molecule has 3 rings (SSSR count). The summed E-state index contributed by atoms with van der Waals surface area (Å²) in [5.41, 5.74) is 1.57. The fourth-order valence-electron chi connectivity index (χ4n) is 3.67. The van der Waals surface area contributed by atoms with E-state index in [1.165, 1.54) is 31.3 Å². The molecule has 0 fully saturated rings. The van der Waals surface area contributed by atoms with Crippen LogP contribution in [0.4, 0.5) is 4.39 Å². The predicted molar refractivity (Wildman–Crippen MR) is 140 cm³/mol. The van der Waals surface area contributed by atoms with Crippen LogP contribution in [-0.4, -0.2) is 74.5 Å². The van der Waals surface area contributed by atoms with Crippen molar-refractivity contribution in [2.24, 2.45) is 5.10 Å². The van der Waals surface area contributed by atoms with Gasteiger partial charge in [-0.2, -0.15) is 9.41 Å². The molecule has 2 atom stereocenters. The number of hydrazone groups is 1. The van der Waals surface area contributed by atoms with E-state index in [1.807, 2.05) is 30.3 Å². The average Bonchev–Trinajstić information content (AvgIpc) is 3.28. The van der Waals surface area contributed by atoms with Gasteiger partial charge < -0.3 is 4.90 Å². The molecule has 2 unspecified atom stereocenters. The van der Waals surface area contributed by atoms with E-state index in [0.29, 0.717) is 16.6 Å². The summed E-state index contributed by atoms with van der Waals surface area (Å²) < 4.78 is 41.1. The molecule has 1 aliphatic heterocycles. The zero-order valence-corrected chi connectivity index (χ0v) is 21.8. The number of benzene rings is 2. The van der Waals surface area contributed by atoms with E-state index in [9.17, 15) is 12.8 Å². The lowest BCUT2D eigenvalue weighted by molar-refractivity contribution is 0.0873. The highest BCUT2D eigenvalue weighted by Crippen LogP contribution is 2.25. The van der Waals surface area contributed by atoms with Gasteiger partial charge in [-0.1, -0.05) is 48.0 Å². The molecule has 0 amide bonds. The van der Waals surface area contributed by atoms with Gasteiger partial charge in [0.25, 0.3) is 0 Å². The third-order valence-corrected chi connectivity index (χ3v) is 7.87. The Labute approximate surface area is 216 Å². The number of halogens is 3. The Kier molecular flexibility index (Phi) is 9.32. The van der Waals surface area contributed by atoms with E-state index >= 15 is 0 Å². The molecule has 2 aromatic rings. The number of nitrogens with zero attached hydrogens (tertiary/aromatic N) is 4. The molecular weight excluding hydrogens is 512 g/mol. The number of nitrogens with one attached hydrogen (secondary N) is 1. The first-order valence-electron chi connectivity index (χ1n) is 10.8. The van der Waals surface area contributed by atoms with E-state index in [0.717, 1.165) is 15.6 Å². The van der Waals surface area contributed by atoms with Gasteiger partial charge in [-0.15, -0.1) is 0 Å². The van der Waals surface area contributed by atoms with Crippen molar-refractivity contribution in [2.45, 2.75) is 17.2 Å². The van der Waals surface area contributed by atoms with Gasteiger partial charge in [0.1, 0.15) is 6.67 Å². The first kappa shape index (κ1) is 27.2. The molecule has 1 aliphatic rings. The minimum absolute atomic E-state index is 0.0513. The van der Waals surface area contributed by atoms with Crippen molar-refractivity contribution in [1.82, 2.24) is 19.5 Å². The van der Waals surface area contributed by atoms with Crippen molar-refractivity contribution in [3.63, 3.8) is 0 Å². The van der Waals surface area contributed by atoms with Crippen LogP contribution in [0.3, 0.4) is 0 Å². The van der Waals surface area contributed by atoms with E-state index in [4.69, 9.17) is 28.3 Å². The third kappa shape index (κ3) is 6.42. The zero-order chi connectivity index (χ0) is 25.6. The Balaban J connectivity index is 2.00. The molecule has 0 spiro atoms. The van der Waals surface area contributed by atoms with Crippen LogP contribution in [0.25, 0.3) is 0 Å². The van der Waals surface area contributed by atoms with Crippen LogP contribution in [0, 0.1) is 0 Å². The number of allylic oxidation sites excluding steroid dienone is 2. The Hall–Kier alpha value is -2.43. The fourth-order valence-corrected chi connectivity index (χ4v) is 5.18. The molecule has 188 valence electrons. The number of hydrogen-bond donors (Lipinski definition) is 1. The Morgan fingerprint density at radius 2 is 1.77 bits per heavy atom. The van der Waals surface area contributed by atoms with Crippen molar-refractivity contribution in [2.75, 3.05) is 33.9 Å². The van der Waals surface area contributed by atoms with Gasteiger partial charge in [-0.25, -0.2) is 12.8 Å². The molecule has 11 heteroatoms. The Morgan fingerprint density at radius 1 is 1.17 bits per heavy atom. The summed E-state index contributed by atoms with van der Waals surface area (Å²) in [4.78, 5) is 2.04. The second-order valence-corrected chi connectivity index (χ2v) is 10.7. The van der Waals surface area contributed by atoms with Gasteiger partial charge in [0.05, 0.1) is 23.2 Å². The molecule has 35 heavy (non-hydrogen) atoms. The van der Waals surface area contributed by atoms with E-state index in [2.05, 4.69) is 11.9 Å². The van der Waals surface area contributed by atoms with Crippen LogP contribution in [-0.2, 0) is 10.0 Å². The van der Waals surface area contributed by atoms with E-state index in [-0.39, 0.29) is 17.5 Å². The minimum Gasteiger partial charge on any atom is -0.370 e. The Bertz CT molecular complexity index is 1170. The van der Waals surface area contributed by atoms with Crippen LogP contribution in [0.5, 0.6) is 0 Å². The summed E-state index contributed by atoms with van der Waals surface area (Å²) in [7, 11) is -0.605. The van der Waals surface area contributed by atoms with Crippen molar-refractivity contribution >= 4 is 38.9 Å².